The molecule has 2 fully saturated rings. The fourth-order valence-corrected chi connectivity index (χ4v) is 3.14. The smallest absolute Gasteiger partial charge is 0.0406 e. The van der Waals surface area contributed by atoms with Gasteiger partial charge >= 0.3 is 0 Å². The van der Waals surface area contributed by atoms with Crippen LogP contribution in [0.5, 0.6) is 0 Å². The fourth-order valence-electron chi connectivity index (χ4n) is 3.02. The molecule has 1 aromatic rings. The lowest BCUT2D eigenvalue weighted by Gasteiger charge is -2.30. The first-order valence-electron chi connectivity index (χ1n) is 7.50. The molecule has 0 spiro atoms. The molecule has 2 aliphatic rings. The third-order valence-corrected chi connectivity index (χ3v) is 4.51. The Balaban J connectivity index is 0.00000147. The highest BCUT2D eigenvalue weighted by Crippen LogP contribution is 2.30. The topological polar surface area (TPSA) is 15.3 Å². The van der Waals surface area contributed by atoms with E-state index >= 15 is 0 Å². The Labute approximate surface area is 133 Å². The monoisotopic (exact) mass is 314 g/mol. The summed E-state index contributed by atoms with van der Waals surface area (Å²) in [6.45, 7) is 4.74. The van der Waals surface area contributed by atoms with Gasteiger partial charge in [0.2, 0.25) is 0 Å². The maximum atomic E-state index is 5.96. The molecule has 0 aromatic heterocycles. The van der Waals surface area contributed by atoms with E-state index in [4.69, 9.17) is 11.6 Å². The lowest BCUT2D eigenvalue weighted by Crippen LogP contribution is -2.39. The molecule has 1 saturated heterocycles. The van der Waals surface area contributed by atoms with Crippen molar-refractivity contribution in [3.8, 4) is 0 Å². The summed E-state index contributed by atoms with van der Waals surface area (Å²) < 4.78 is 0. The number of benzene rings is 1. The Morgan fingerprint density at radius 2 is 1.90 bits per heavy atom. The van der Waals surface area contributed by atoms with Crippen molar-refractivity contribution < 1.29 is 0 Å². The standard InChI is InChI=1S/C16H23ClN2.ClH/c17-15-5-3-13(4-6-15)11-19(16-7-8-16)12-14-2-1-9-18-10-14;/h3-6,14,16,18H,1-2,7-12H2;1H. The van der Waals surface area contributed by atoms with E-state index in [1.807, 2.05) is 12.1 Å². The molecule has 1 saturated carbocycles. The van der Waals surface area contributed by atoms with Crippen LogP contribution >= 0.6 is 24.0 Å². The predicted octanol–water partition coefficient (Wildman–Crippen LogP) is 3.73. The molecule has 4 heteroatoms. The van der Waals surface area contributed by atoms with Gasteiger partial charge < -0.3 is 5.32 Å². The molecule has 1 aliphatic heterocycles. The van der Waals surface area contributed by atoms with Crippen LogP contribution in [-0.2, 0) is 6.54 Å². The summed E-state index contributed by atoms with van der Waals surface area (Å²) in [6.07, 6.45) is 5.49. The van der Waals surface area contributed by atoms with Gasteiger partial charge in [0.05, 0.1) is 0 Å². The first-order valence-corrected chi connectivity index (χ1v) is 7.88. The van der Waals surface area contributed by atoms with Gasteiger partial charge in [-0.15, -0.1) is 12.4 Å². The number of hydrogen-bond donors (Lipinski definition) is 1. The first kappa shape index (κ1) is 16.1. The van der Waals surface area contributed by atoms with E-state index in [2.05, 4.69) is 22.3 Å². The SMILES string of the molecule is Cl.Clc1ccc(CN(CC2CCCNC2)C2CC2)cc1. The highest BCUT2D eigenvalue weighted by molar-refractivity contribution is 6.30. The molecule has 1 aromatic carbocycles. The van der Waals surface area contributed by atoms with Gasteiger partial charge in [-0.3, -0.25) is 4.90 Å². The number of nitrogens with zero attached hydrogens (tertiary/aromatic N) is 1. The summed E-state index contributed by atoms with van der Waals surface area (Å²) in [5.74, 6) is 0.835. The van der Waals surface area contributed by atoms with E-state index in [-0.39, 0.29) is 12.4 Å². The summed E-state index contributed by atoms with van der Waals surface area (Å²) in [4.78, 5) is 2.68. The molecule has 0 radical (unpaired) electrons. The molecule has 0 bridgehead atoms. The number of rotatable bonds is 5. The van der Waals surface area contributed by atoms with Crippen molar-refractivity contribution in [1.82, 2.24) is 10.2 Å². The van der Waals surface area contributed by atoms with Crippen molar-refractivity contribution in [1.29, 1.82) is 0 Å². The molecular formula is C16H24Cl2N2. The Kier molecular flexibility index (Phi) is 6.16. The average Bonchev–Trinajstić information content (AvgIpc) is 3.26. The number of piperidine rings is 1. The van der Waals surface area contributed by atoms with Gasteiger partial charge in [-0.2, -0.15) is 0 Å². The Morgan fingerprint density at radius 3 is 2.50 bits per heavy atom. The maximum Gasteiger partial charge on any atom is 0.0406 e. The van der Waals surface area contributed by atoms with Crippen LogP contribution in [0, 0.1) is 5.92 Å². The van der Waals surface area contributed by atoms with Crippen LogP contribution in [0.3, 0.4) is 0 Å². The zero-order valence-corrected chi connectivity index (χ0v) is 13.4. The van der Waals surface area contributed by atoms with Crippen LogP contribution in [0.15, 0.2) is 24.3 Å². The van der Waals surface area contributed by atoms with Crippen molar-refractivity contribution in [2.75, 3.05) is 19.6 Å². The molecule has 0 amide bonds. The lowest BCUT2D eigenvalue weighted by molar-refractivity contribution is 0.193. The van der Waals surface area contributed by atoms with E-state index in [0.717, 1.165) is 23.5 Å². The van der Waals surface area contributed by atoms with Gasteiger partial charge in [-0.1, -0.05) is 23.7 Å². The molecule has 1 N–H and O–H groups in total. The summed E-state index contributed by atoms with van der Waals surface area (Å²) in [5.41, 5.74) is 1.39. The lowest BCUT2D eigenvalue weighted by atomic mass is 9.98. The van der Waals surface area contributed by atoms with Gasteiger partial charge in [0.1, 0.15) is 0 Å². The molecule has 1 aliphatic carbocycles. The zero-order chi connectivity index (χ0) is 13.1. The number of hydrogen-bond acceptors (Lipinski definition) is 2. The number of halogens is 2. The van der Waals surface area contributed by atoms with Gasteiger partial charge in [-0.25, -0.2) is 0 Å². The second-order valence-corrected chi connectivity index (χ2v) is 6.44. The van der Waals surface area contributed by atoms with E-state index < -0.39 is 0 Å². The van der Waals surface area contributed by atoms with Crippen LogP contribution in [0.4, 0.5) is 0 Å². The van der Waals surface area contributed by atoms with Crippen LogP contribution in [0.1, 0.15) is 31.2 Å². The largest absolute Gasteiger partial charge is 0.316 e. The van der Waals surface area contributed by atoms with Gasteiger partial charge in [0.15, 0.2) is 0 Å². The Hall–Kier alpha value is -0.280. The third kappa shape index (κ3) is 4.63. The molecule has 20 heavy (non-hydrogen) atoms. The molecule has 2 nitrogen and oxygen atoms in total. The second-order valence-electron chi connectivity index (χ2n) is 6.00. The summed E-state index contributed by atoms with van der Waals surface area (Å²) in [5, 5.41) is 4.36. The van der Waals surface area contributed by atoms with Crippen LogP contribution in [0.2, 0.25) is 5.02 Å². The Bertz CT molecular complexity index is 397. The van der Waals surface area contributed by atoms with E-state index in [0.29, 0.717) is 0 Å². The quantitative estimate of drug-likeness (QED) is 0.891. The summed E-state index contributed by atoms with van der Waals surface area (Å²) in [6, 6.07) is 9.17. The first-order chi connectivity index (χ1) is 9.31. The highest BCUT2D eigenvalue weighted by Gasteiger charge is 2.30. The van der Waals surface area contributed by atoms with Gasteiger partial charge in [0.25, 0.3) is 0 Å². The van der Waals surface area contributed by atoms with E-state index in [1.54, 1.807) is 0 Å². The molecule has 1 unspecified atom stereocenters. The average molecular weight is 315 g/mol. The fraction of sp³-hybridized carbons (Fsp3) is 0.625. The van der Waals surface area contributed by atoms with Crippen LogP contribution < -0.4 is 5.32 Å². The third-order valence-electron chi connectivity index (χ3n) is 4.25. The van der Waals surface area contributed by atoms with Crippen molar-refractivity contribution in [2.24, 2.45) is 5.92 Å². The van der Waals surface area contributed by atoms with E-state index in [1.165, 1.54) is 50.9 Å². The van der Waals surface area contributed by atoms with Crippen molar-refractivity contribution in [2.45, 2.75) is 38.3 Å². The van der Waals surface area contributed by atoms with Gasteiger partial charge in [-0.05, 0) is 62.4 Å². The minimum Gasteiger partial charge on any atom is -0.316 e. The predicted molar refractivity (Wildman–Crippen MR) is 87.7 cm³/mol. The number of nitrogens with one attached hydrogen (secondary N) is 1. The molecule has 1 heterocycles. The second kappa shape index (κ2) is 7.65. The molecular weight excluding hydrogens is 291 g/mol. The Morgan fingerprint density at radius 1 is 1.15 bits per heavy atom. The summed E-state index contributed by atoms with van der Waals surface area (Å²) in [7, 11) is 0. The van der Waals surface area contributed by atoms with Crippen molar-refractivity contribution in [3.05, 3.63) is 34.9 Å². The minimum atomic E-state index is 0. The van der Waals surface area contributed by atoms with E-state index in [9.17, 15) is 0 Å². The maximum absolute atomic E-state index is 5.96. The minimum absolute atomic E-state index is 0. The van der Waals surface area contributed by atoms with Crippen LogP contribution in [-0.4, -0.2) is 30.6 Å². The van der Waals surface area contributed by atoms with Gasteiger partial charge in [0, 0.05) is 24.2 Å². The van der Waals surface area contributed by atoms with Crippen LogP contribution in [0.25, 0.3) is 0 Å². The zero-order valence-electron chi connectivity index (χ0n) is 11.9. The summed E-state index contributed by atoms with van der Waals surface area (Å²) >= 11 is 5.96. The highest BCUT2D eigenvalue weighted by atomic mass is 35.5. The molecule has 112 valence electrons. The normalized spacial score (nSPS) is 22.6. The van der Waals surface area contributed by atoms with Crippen molar-refractivity contribution >= 4 is 24.0 Å². The molecule has 1 atom stereocenters. The molecule has 3 rings (SSSR count). The van der Waals surface area contributed by atoms with Crippen molar-refractivity contribution in [3.63, 3.8) is 0 Å².